The number of piperidine rings is 1. The number of ether oxygens (including phenoxy) is 1. The highest BCUT2D eigenvalue weighted by Gasteiger charge is 2.26. The molecule has 3 heterocycles. The molecule has 1 unspecified atom stereocenters. The van der Waals surface area contributed by atoms with Crippen LogP contribution in [0.5, 0.6) is 5.75 Å². The van der Waals surface area contributed by atoms with Gasteiger partial charge in [-0.2, -0.15) is 19.6 Å². The molecule has 1 atom stereocenters. The van der Waals surface area contributed by atoms with Crippen LogP contribution in [0.25, 0.3) is 5.65 Å². The molecule has 0 aliphatic carbocycles. The summed E-state index contributed by atoms with van der Waals surface area (Å²) in [5.41, 5.74) is 4.19. The first-order chi connectivity index (χ1) is 21.2. The first-order valence-electron chi connectivity index (χ1n) is 14.6. The molecule has 13 heteroatoms. The summed E-state index contributed by atoms with van der Waals surface area (Å²) in [5, 5.41) is 19.1. The van der Waals surface area contributed by atoms with Crippen LogP contribution in [0.1, 0.15) is 60.5 Å². The lowest BCUT2D eigenvalue weighted by Crippen LogP contribution is -2.38. The lowest BCUT2D eigenvalue weighted by molar-refractivity contribution is -0.132. The molecule has 1 aliphatic rings. The first-order valence-corrected chi connectivity index (χ1v) is 15.8. The van der Waals surface area contributed by atoms with Crippen molar-refractivity contribution < 1.29 is 23.6 Å². The molecule has 0 radical (unpaired) electrons. The molecule has 2 aromatic carbocycles. The zero-order chi connectivity index (χ0) is 31.4. The Morgan fingerprint density at radius 3 is 2.55 bits per heavy atom. The van der Waals surface area contributed by atoms with Crippen LogP contribution >= 0.6 is 0 Å². The number of nitrogens with zero attached hydrogens (tertiary/aromatic N) is 5. The van der Waals surface area contributed by atoms with Crippen molar-refractivity contribution in [3.8, 4) is 5.75 Å². The number of hydrogen-bond donors (Lipinski definition) is 3. The Morgan fingerprint density at radius 2 is 1.84 bits per heavy atom. The number of anilines is 4. The van der Waals surface area contributed by atoms with Gasteiger partial charge in [0.05, 0.1) is 47.7 Å². The Kier molecular flexibility index (Phi) is 9.55. The van der Waals surface area contributed by atoms with Gasteiger partial charge in [-0.25, -0.2) is 0 Å². The SMILES string of the molecule is COc1cc(C2CCN(C(=O)CCO)CC2)c(C)cc1Nc1nc(Nc2ccccc2C(=O)S(=O)C(C)C)n2nccc2n1. The molecular formula is C31H37N7O5S. The third-order valence-electron chi connectivity index (χ3n) is 7.71. The van der Waals surface area contributed by atoms with E-state index in [0.29, 0.717) is 47.4 Å². The Morgan fingerprint density at radius 1 is 1.09 bits per heavy atom. The van der Waals surface area contributed by atoms with Crippen molar-refractivity contribution >= 4 is 50.7 Å². The van der Waals surface area contributed by atoms with Crippen LogP contribution in [0.4, 0.5) is 23.3 Å². The topological polar surface area (TPSA) is 151 Å². The number of rotatable bonds is 10. The van der Waals surface area contributed by atoms with Gasteiger partial charge < -0.3 is 25.4 Å². The summed E-state index contributed by atoms with van der Waals surface area (Å²) < 4.78 is 19.9. The highest BCUT2D eigenvalue weighted by molar-refractivity contribution is 8.01. The molecule has 0 bridgehead atoms. The monoisotopic (exact) mass is 619 g/mol. The maximum absolute atomic E-state index is 13.0. The van der Waals surface area contributed by atoms with Crippen molar-refractivity contribution in [2.75, 3.05) is 37.4 Å². The van der Waals surface area contributed by atoms with Gasteiger partial charge in [0, 0.05) is 30.8 Å². The summed E-state index contributed by atoms with van der Waals surface area (Å²) in [5.74, 6) is 1.50. The molecule has 5 rings (SSSR count). The molecule has 0 saturated carbocycles. The zero-order valence-corrected chi connectivity index (χ0v) is 26.1. The molecule has 12 nitrogen and oxygen atoms in total. The van der Waals surface area contributed by atoms with E-state index in [0.717, 1.165) is 24.0 Å². The first kappa shape index (κ1) is 31.1. The molecule has 1 fully saturated rings. The fourth-order valence-corrected chi connectivity index (χ4v) is 6.22. The van der Waals surface area contributed by atoms with E-state index in [-0.39, 0.29) is 36.1 Å². The quantitative estimate of drug-likeness (QED) is 0.234. The number of carbonyl (C=O) groups excluding carboxylic acids is 2. The highest BCUT2D eigenvalue weighted by Crippen LogP contribution is 2.37. The predicted molar refractivity (Wildman–Crippen MR) is 169 cm³/mol. The second-order valence-corrected chi connectivity index (χ2v) is 12.8. The lowest BCUT2D eigenvalue weighted by atomic mass is 9.86. The second kappa shape index (κ2) is 13.5. The lowest BCUT2D eigenvalue weighted by Gasteiger charge is -2.33. The minimum Gasteiger partial charge on any atom is -0.495 e. The summed E-state index contributed by atoms with van der Waals surface area (Å²) in [6.45, 7) is 6.71. The predicted octanol–water partition coefficient (Wildman–Crippen LogP) is 4.31. The van der Waals surface area contributed by atoms with Crippen molar-refractivity contribution in [3.05, 3.63) is 65.4 Å². The van der Waals surface area contributed by atoms with Gasteiger partial charge in [0.25, 0.3) is 5.12 Å². The van der Waals surface area contributed by atoms with Gasteiger partial charge >= 0.3 is 0 Å². The maximum atomic E-state index is 13.0. The highest BCUT2D eigenvalue weighted by atomic mass is 32.2. The van der Waals surface area contributed by atoms with Crippen molar-refractivity contribution in [3.63, 3.8) is 0 Å². The maximum Gasteiger partial charge on any atom is 0.251 e. The van der Waals surface area contributed by atoms with E-state index in [1.807, 2.05) is 24.0 Å². The fourth-order valence-electron chi connectivity index (χ4n) is 5.40. The fraction of sp³-hybridized carbons (Fsp3) is 0.387. The van der Waals surface area contributed by atoms with Gasteiger partial charge in [-0.1, -0.05) is 26.0 Å². The van der Waals surface area contributed by atoms with E-state index in [1.54, 1.807) is 57.5 Å². The number of nitrogens with one attached hydrogen (secondary N) is 2. The Hall–Kier alpha value is -4.36. The van der Waals surface area contributed by atoms with Crippen LogP contribution in [0.2, 0.25) is 0 Å². The average Bonchev–Trinajstić information content (AvgIpc) is 3.50. The smallest absolute Gasteiger partial charge is 0.251 e. The molecule has 2 aromatic heterocycles. The third kappa shape index (κ3) is 6.58. The van der Waals surface area contributed by atoms with Crippen LogP contribution in [0.3, 0.4) is 0 Å². The number of likely N-dealkylation sites (tertiary alicyclic amines) is 1. The summed E-state index contributed by atoms with van der Waals surface area (Å²) in [4.78, 5) is 36.3. The molecule has 232 valence electrons. The average molecular weight is 620 g/mol. The van der Waals surface area contributed by atoms with E-state index >= 15 is 0 Å². The van der Waals surface area contributed by atoms with Crippen LogP contribution in [-0.2, 0) is 15.6 Å². The Bertz CT molecular complexity index is 1700. The van der Waals surface area contributed by atoms with Crippen LogP contribution in [0.15, 0.2) is 48.7 Å². The van der Waals surface area contributed by atoms with Gasteiger partial charge in [-0.15, -0.1) is 0 Å². The molecule has 1 amide bonds. The number of aromatic nitrogens is 4. The molecule has 1 saturated heterocycles. The van der Waals surface area contributed by atoms with Crippen molar-refractivity contribution in [1.82, 2.24) is 24.5 Å². The normalized spacial score (nSPS) is 14.5. The summed E-state index contributed by atoms with van der Waals surface area (Å²) in [6.07, 6.45) is 3.43. The van der Waals surface area contributed by atoms with E-state index in [2.05, 4.69) is 25.7 Å². The number of aryl methyl sites for hydroxylation is 1. The van der Waals surface area contributed by atoms with E-state index < -0.39 is 15.9 Å². The summed E-state index contributed by atoms with van der Waals surface area (Å²) in [7, 11) is -0.0780. The van der Waals surface area contributed by atoms with Crippen LogP contribution in [0, 0.1) is 6.92 Å². The van der Waals surface area contributed by atoms with Crippen LogP contribution < -0.4 is 15.4 Å². The van der Waals surface area contributed by atoms with Crippen LogP contribution in [-0.4, -0.2) is 76.9 Å². The van der Waals surface area contributed by atoms with E-state index in [1.165, 1.54) is 4.52 Å². The number of carbonyl (C=O) groups is 2. The number of hydrogen-bond acceptors (Lipinski definition) is 10. The largest absolute Gasteiger partial charge is 0.495 e. The standard InChI is InChI=1S/C31H37N7O5S/c1-19(2)44(42)29(41)22-7-5-6-8-24(22)34-31-36-30(35-27-9-13-32-38(27)31)33-25-17-20(3)23(18-26(25)43-4)21-10-14-37(15-11-21)28(40)12-16-39/h5-9,13,17-19,21,39H,10-12,14-16H2,1-4H3,(H2,33,34,35,36). The van der Waals surface area contributed by atoms with Gasteiger partial charge in [-0.05, 0) is 61.1 Å². The summed E-state index contributed by atoms with van der Waals surface area (Å²) in [6, 6.07) is 12.6. The molecule has 1 aliphatic heterocycles. The molecule has 4 aromatic rings. The number of amides is 1. The zero-order valence-electron chi connectivity index (χ0n) is 25.2. The number of aliphatic hydroxyl groups excluding tert-OH is 1. The van der Waals surface area contributed by atoms with Crippen molar-refractivity contribution in [2.24, 2.45) is 0 Å². The number of para-hydroxylation sites is 1. The molecule has 3 N–H and O–H groups in total. The molecular weight excluding hydrogens is 582 g/mol. The van der Waals surface area contributed by atoms with Gasteiger partial charge in [0.2, 0.25) is 17.8 Å². The second-order valence-electron chi connectivity index (χ2n) is 10.9. The third-order valence-corrected chi connectivity index (χ3v) is 9.15. The van der Waals surface area contributed by atoms with E-state index in [4.69, 9.17) is 9.84 Å². The minimum absolute atomic E-state index is 0.00979. The summed E-state index contributed by atoms with van der Waals surface area (Å²) >= 11 is 0. The number of benzene rings is 2. The number of aliphatic hydroxyl groups is 1. The number of fused-ring (bicyclic) bond motifs is 1. The molecule has 0 spiro atoms. The van der Waals surface area contributed by atoms with Gasteiger partial charge in [-0.3, -0.25) is 13.8 Å². The number of methoxy groups -OCH3 is 1. The minimum atomic E-state index is -1.69. The van der Waals surface area contributed by atoms with Crippen molar-refractivity contribution in [1.29, 1.82) is 0 Å². The van der Waals surface area contributed by atoms with Gasteiger partial charge in [0.15, 0.2) is 5.65 Å². The van der Waals surface area contributed by atoms with E-state index in [9.17, 15) is 13.8 Å². The van der Waals surface area contributed by atoms with Crippen molar-refractivity contribution in [2.45, 2.75) is 51.2 Å². The Labute approximate surface area is 258 Å². The molecule has 44 heavy (non-hydrogen) atoms. The van der Waals surface area contributed by atoms with Gasteiger partial charge in [0.1, 0.15) is 5.75 Å². The Balaban J connectivity index is 1.41.